The van der Waals surface area contributed by atoms with Gasteiger partial charge in [0.25, 0.3) is 0 Å². The van der Waals surface area contributed by atoms with E-state index < -0.39 is 0 Å². The second-order valence-electron chi connectivity index (χ2n) is 6.52. The number of rotatable bonds is 8. The Bertz CT molecular complexity index is 867. The predicted octanol–water partition coefficient (Wildman–Crippen LogP) is 4.08. The molecule has 0 spiro atoms. The second kappa shape index (κ2) is 9.03. The van der Waals surface area contributed by atoms with Crippen LogP contribution in [0.15, 0.2) is 60.7 Å². The molecular weight excluding hydrogens is 336 g/mol. The number of anilines is 2. The molecule has 0 saturated heterocycles. The molecule has 0 aliphatic carbocycles. The molecule has 27 heavy (non-hydrogen) atoms. The molecule has 1 heterocycles. The standard InChI is InChI=1S/C22H26N4O/c1-17-15-21(26(2)16-18-9-5-4-6-10-18)25-22(24-17)23-14-13-19-11-7-8-12-20(19)27-3/h4-12,15H,13-14,16H2,1-3H3,(H,23,24,25). The third kappa shape index (κ3) is 5.20. The predicted molar refractivity (Wildman–Crippen MR) is 111 cm³/mol. The van der Waals surface area contributed by atoms with E-state index in [-0.39, 0.29) is 0 Å². The van der Waals surface area contributed by atoms with Crippen LogP contribution in [0.4, 0.5) is 11.8 Å². The lowest BCUT2D eigenvalue weighted by atomic mass is 10.1. The monoisotopic (exact) mass is 362 g/mol. The molecule has 140 valence electrons. The molecule has 3 rings (SSSR count). The van der Waals surface area contributed by atoms with Crippen LogP contribution < -0.4 is 15.0 Å². The van der Waals surface area contributed by atoms with Gasteiger partial charge in [-0.2, -0.15) is 4.98 Å². The van der Waals surface area contributed by atoms with Crippen molar-refractivity contribution in [3.05, 3.63) is 77.5 Å². The first-order valence-electron chi connectivity index (χ1n) is 9.12. The first-order chi connectivity index (χ1) is 13.2. The minimum Gasteiger partial charge on any atom is -0.496 e. The maximum Gasteiger partial charge on any atom is 0.224 e. The Kier molecular flexibility index (Phi) is 6.26. The number of benzene rings is 2. The molecule has 0 fully saturated rings. The van der Waals surface area contributed by atoms with Crippen LogP contribution in [0.5, 0.6) is 5.75 Å². The Balaban J connectivity index is 1.64. The number of para-hydroxylation sites is 1. The molecule has 0 saturated carbocycles. The van der Waals surface area contributed by atoms with Gasteiger partial charge in [-0.3, -0.25) is 0 Å². The van der Waals surface area contributed by atoms with Crippen molar-refractivity contribution in [3.63, 3.8) is 0 Å². The molecule has 3 aromatic rings. The van der Waals surface area contributed by atoms with Gasteiger partial charge < -0.3 is 15.0 Å². The number of aromatic nitrogens is 2. The maximum atomic E-state index is 5.41. The minimum atomic E-state index is 0.653. The molecule has 0 atom stereocenters. The molecule has 0 aliphatic rings. The van der Waals surface area contributed by atoms with Crippen molar-refractivity contribution in [2.75, 3.05) is 30.9 Å². The van der Waals surface area contributed by atoms with E-state index in [0.29, 0.717) is 5.95 Å². The van der Waals surface area contributed by atoms with Gasteiger partial charge in [0.1, 0.15) is 11.6 Å². The molecule has 2 aromatic carbocycles. The summed E-state index contributed by atoms with van der Waals surface area (Å²) in [5, 5.41) is 3.34. The average Bonchev–Trinajstić information content (AvgIpc) is 2.68. The zero-order chi connectivity index (χ0) is 19.1. The van der Waals surface area contributed by atoms with Crippen LogP contribution in [0, 0.1) is 6.92 Å². The van der Waals surface area contributed by atoms with E-state index in [0.717, 1.165) is 36.8 Å². The number of methoxy groups -OCH3 is 1. The van der Waals surface area contributed by atoms with Crippen molar-refractivity contribution in [1.29, 1.82) is 0 Å². The average molecular weight is 362 g/mol. The highest BCUT2D eigenvalue weighted by molar-refractivity contribution is 5.45. The summed E-state index contributed by atoms with van der Waals surface area (Å²) in [5.41, 5.74) is 3.36. The topological polar surface area (TPSA) is 50.3 Å². The van der Waals surface area contributed by atoms with Gasteiger partial charge in [0.15, 0.2) is 0 Å². The van der Waals surface area contributed by atoms with Crippen LogP contribution in [0.2, 0.25) is 0 Å². The summed E-state index contributed by atoms with van der Waals surface area (Å²) < 4.78 is 5.41. The zero-order valence-electron chi connectivity index (χ0n) is 16.1. The highest BCUT2D eigenvalue weighted by Gasteiger charge is 2.08. The van der Waals surface area contributed by atoms with Gasteiger partial charge in [0.05, 0.1) is 7.11 Å². The summed E-state index contributed by atoms with van der Waals surface area (Å²) >= 11 is 0. The number of nitrogens with zero attached hydrogens (tertiary/aromatic N) is 3. The lowest BCUT2D eigenvalue weighted by Gasteiger charge is -2.19. The van der Waals surface area contributed by atoms with Gasteiger partial charge in [-0.25, -0.2) is 4.98 Å². The van der Waals surface area contributed by atoms with E-state index in [2.05, 4.69) is 50.5 Å². The Morgan fingerprint density at radius 1 is 1.00 bits per heavy atom. The number of hydrogen-bond donors (Lipinski definition) is 1. The van der Waals surface area contributed by atoms with E-state index in [4.69, 9.17) is 4.74 Å². The van der Waals surface area contributed by atoms with Gasteiger partial charge in [-0.05, 0) is 30.5 Å². The van der Waals surface area contributed by atoms with Crippen LogP contribution in [0.25, 0.3) is 0 Å². The summed E-state index contributed by atoms with van der Waals surface area (Å²) in [6.45, 7) is 3.54. The van der Waals surface area contributed by atoms with E-state index >= 15 is 0 Å². The molecule has 1 aromatic heterocycles. The molecule has 0 unspecified atom stereocenters. The fourth-order valence-electron chi connectivity index (χ4n) is 2.98. The molecule has 0 radical (unpaired) electrons. The van der Waals surface area contributed by atoms with E-state index in [1.165, 1.54) is 11.1 Å². The Morgan fingerprint density at radius 2 is 1.74 bits per heavy atom. The summed E-state index contributed by atoms with van der Waals surface area (Å²) in [6, 6.07) is 20.5. The largest absolute Gasteiger partial charge is 0.496 e. The van der Waals surface area contributed by atoms with E-state index in [1.54, 1.807) is 7.11 Å². The Labute approximate surface area is 161 Å². The van der Waals surface area contributed by atoms with Gasteiger partial charge >= 0.3 is 0 Å². The maximum absolute atomic E-state index is 5.41. The first-order valence-corrected chi connectivity index (χ1v) is 9.12. The van der Waals surface area contributed by atoms with E-state index in [9.17, 15) is 0 Å². The zero-order valence-corrected chi connectivity index (χ0v) is 16.1. The first kappa shape index (κ1) is 18.7. The van der Waals surface area contributed by atoms with Crippen LogP contribution in [0.1, 0.15) is 16.8 Å². The Morgan fingerprint density at radius 3 is 2.52 bits per heavy atom. The van der Waals surface area contributed by atoms with Crippen LogP contribution in [-0.4, -0.2) is 30.7 Å². The molecule has 5 heteroatoms. The molecule has 0 aliphatic heterocycles. The number of hydrogen-bond acceptors (Lipinski definition) is 5. The SMILES string of the molecule is COc1ccccc1CCNc1nc(C)cc(N(C)Cc2ccccc2)n1. The normalized spacial score (nSPS) is 10.5. The highest BCUT2D eigenvalue weighted by atomic mass is 16.5. The summed E-state index contributed by atoms with van der Waals surface area (Å²) in [6.07, 6.45) is 0.844. The fraction of sp³-hybridized carbons (Fsp3) is 0.273. The van der Waals surface area contributed by atoms with Gasteiger partial charge in [0.2, 0.25) is 5.95 Å². The molecule has 5 nitrogen and oxygen atoms in total. The number of ether oxygens (including phenoxy) is 1. The molecular formula is C22H26N4O. The number of nitrogens with one attached hydrogen (secondary N) is 1. The Hall–Kier alpha value is -3.08. The van der Waals surface area contributed by atoms with Crippen LogP contribution >= 0.6 is 0 Å². The van der Waals surface area contributed by atoms with Crippen molar-refractivity contribution in [3.8, 4) is 5.75 Å². The fourth-order valence-corrected chi connectivity index (χ4v) is 2.98. The van der Waals surface area contributed by atoms with Crippen molar-refractivity contribution >= 4 is 11.8 Å². The second-order valence-corrected chi connectivity index (χ2v) is 6.52. The van der Waals surface area contributed by atoms with Gasteiger partial charge in [0, 0.05) is 31.9 Å². The van der Waals surface area contributed by atoms with Crippen molar-refractivity contribution in [1.82, 2.24) is 9.97 Å². The highest BCUT2D eigenvalue weighted by Crippen LogP contribution is 2.19. The third-order valence-corrected chi connectivity index (χ3v) is 4.36. The quantitative estimate of drug-likeness (QED) is 0.654. The van der Waals surface area contributed by atoms with E-state index in [1.807, 2.05) is 44.3 Å². The van der Waals surface area contributed by atoms with Crippen molar-refractivity contribution in [2.24, 2.45) is 0 Å². The van der Waals surface area contributed by atoms with Crippen molar-refractivity contribution < 1.29 is 4.74 Å². The molecule has 1 N–H and O–H groups in total. The van der Waals surface area contributed by atoms with Crippen molar-refractivity contribution in [2.45, 2.75) is 19.9 Å². The van der Waals surface area contributed by atoms with Crippen LogP contribution in [-0.2, 0) is 13.0 Å². The number of aryl methyl sites for hydroxylation is 1. The third-order valence-electron chi connectivity index (χ3n) is 4.36. The van der Waals surface area contributed by atoms with Crippen LogP contribution in [0.3, 0.4) is 0 Å². The minimum absolute atomic E-state index is 0.653. The summed E-state index contributed by atoms with van der Waals surface area (Å²) in [5.74, 6) is 2.47. The van der Waals surface area contributed by atoms with Gasteiger partial charge in [-0.1, -0.05) is 48.5 Å². The summed E-state index contributed by atoms with van der Waals surface area (Å²) in [7, 11) is 3.75. The summed E-state index contributed by atoms with van der Waals surface area (Å²) in [4.78, 5) is 11.3. The van der Waals surface area contributed by atoms with Gasteiger partial charge in [-0.15, -0.1) is 0 Å². The molecule has 0 bridgehead atoms. The molecule has 0 amide bonds. The lowest BCUT2D eigenvalue weighted by molar-refractivity contribution is 0.410. The lowest BCUT2D eigenvalue weighted by Crippen LogP contribution is -2.19. The smallest absolute Gasteiger partial charge is 0.224 e.